The first-order valence-corrected chi connectivity index (χ1v) is 7.58. The van der Waals surface area contributed by atoms with Crippen LogP contribution in [0.1, 0.15) is 55.1 Å². The van der Waals surface area contributed by atoms with E-state index in [1.807, 2.05) is 6.21 Å². The zero-order chi connectivity index (χ0) is 13.9. The van der Waals surface area contributed by atoms with Gasteiger partial charge in [-0.25, -0.2) is 0 Å². The van der Waals surface area contributed by atoms with Gasteiger partial charge < -0.3 is 4.98 Å². The van der Waals surface area contributed by atoms with Crippen LogP contribution in [0.4, 0.5) is 5.69 Å². The summed E-state index contributed by atoms with van der Waals surface area (Å²) in [6.45, 7) is 4.42. The average molecular weight is 266 g/mol. The summed E-state index contributed by atoms with van der Waals surface area (Å²) in [5, 5.41) is 0. The van der Waals surface area contributed by atoms with Crippen LogP contribution >= 0.6 is 0 Å². The van der Waals surface area contributed by atoms with E-state index in [4.69, 9.17) is 0 Å². The maximum atomic E-state index is 4.68. The van der Waals surface area contributed by atoms with Gasteiger partial charge in [0.05, 0.1) is 17.6 Å². The molecule has 0 unspecified atom stereocenters. The monoisotopic (exact) mass is 266 g/mol. The first kappa shape index (κ1) is 13.2. The van der Waals surface area contributed by atoms with Crippen molar-refractivity contribution in [1.29, 1.82) is 0 Å². The SMILES string of the molecule is CC(C)c1ccccc1N=Cc1cc2c([nH]1)CCCC2. The third-order valence-corrected chi connectivity index (χ3v) is 4.04. The van der Waals surface area contributed by atoms with E-state index in [0.717, 1.165) is 11.4 Å². The molecule has 1 aromatic heterocycles. The summed E-state index contributed by atoms with van der Waals surface area (Å²) in [5.41, 5.74) is 6.41. The summed E-state index contributed by atoms with van der Waals surface area (Å²) in [6, 6.07) is 10.7. The first-order valence-electron chi connectivity index (χ1n) is 7.58. The molecule has 0 amide bonds. The molecule has 1 aromatic carbocycles. The van der Waals surface area contributed by atoms with Gasteiger partial charge in [0, 0.05) is 5.69 Å². The number of aliphatic imine (C=N–C) groups is 1. The fourth-order valence-electron chi connectivity index (χ4n) is 2.93. The Morgan fingerprint density at radius 1 is 1.15 bits per heavy atom. The van der Waals surface area contributed by atoms with E-state index >= 15 is 0 Å². The van der Waals surface area contributed by atoms with Crippen molar-refractivity contribution in [2.24, 2.45) is 4.99 Å². The molecule has 20 heavy (non-hydrogen) atoms. The molecule has 3 rings (SSSR count). The molecule has 0 atom stereocenters. The van der Waals surface area contributed by atoms with Crippen molar-refractivity contribution >= 4 is 11.9 Å². The minimum absolute atomic E-state index is 0.500. The molecule has 1 aliphatic carbocycles. The van der Waals surface area contributed by atoms with Gasteiger partial charge in [-0.2, -0.15) is 0 Å². The maximum Gasteiger partial charge on any atom is 0.0665 e. The number of nitrogens with zero attached hydrogens (tertiary/aromatic N) is 1. The minimum atomic E-state index is 0.500. The Balaban J connectivity index is 1.85. The lowest BCUT2D eigenvalue weighted by Crippen LogP contribution is -1.99. The van der Waals surface area contributed by atoms with E-state index in [0.29, 0.717) is 5.92 Å². The Morgan fingerprint density at radius 2 is 1.95 bits per heavy atom. The largest absolute Gasteiger partial charge is 0.357 e. The van der Waals surface area contributed by atoms with Crippen molar-refractivity contribution in [3.05, 3.63) is 52.8 Å². The van der Waals surface area contributed by atoms with E-state index in [1.54, 1.807) is 0 Å². The Bertz CT molecular complexity index is 597. The number of aromatic nitrogens is 1. The lowest BCUT2D eigenvalue weighted by atomic mass is 9.98. The molecule has 1 aliphatic rings. The van der Waals surface area contributed by atoms with Crippen molar-refractivity contribution in [3.63, 3.8) is 0 Å². The van der Waals surface area contributed by atoms with Gasteiger partial charge in [-0.1, -0.05) is 32.0 Å². The van der Waals surface area contributed by atoms with Crippen LogP contribution in [0, 0.1) is 0 Å². The number of aromatic amines is 1. The molecule has 0 radical (unpaired) electrons. The van der Waals surface area contributed by atoms with E-state index in [-0.39, 0.29) is 0 Å². The Hall–Kier alpha value is -1.83. The normalized spacial score (nSPS) is 14.9. The minimum Gasteiger partial charge on any atom is -0.357 e. The number of aryl methyl sites for hydroxylation is 2. The zero-order valence-electron chi connectivity index (χ0n) is 12.3. The highest BCUT2D eigenvalue weighted by Crippen LogP contribution is 2.26. The number of fused-ring (bicyclic) bond motifs is 1. The molecule has 0 aliphatic heterocycles. The third-order valence-electron chi connectivity index (χ3n) is 4.04. The van der Waals surface area contributed by atoms with Gasteiger partial charge in [-0.15, -0.1) is 0 Å². The van der Waals surface area contributed by atoms with Crippen LogP contribution < -0.4 is 0 Å². The van der Waals surface area contributed by atoms with Crippen LogP contribution in [0.15, 0.2) is 35.3 Å². The highest BCUT2D eigenvalue weighted by Gasteiger charge is 2.11. The Labute approximate surface area is 121 Å². The van der Waals surface area contributed by atoms with Gasteiger partial charge in [-0.3, -0.25) is 4.99 Å². The van der Waals surface area contributed by atoms with Crippen molar-refractivity contribution in [1.82, 2.24) is 4.98 Å². The second-order valence-corrected chi connectivity index (χ2v) is 5.91. The molecular formula is C18H22N2. The van der Waals surface area contributed by atoms with Crippen molar-refractivity contribution in [2.45, 2.75) is 45.4 Å². The van der Waals surface area contributed by atoms with Gasteiger partial charge in [0.15, 0.2) is 0 Å². The maximum absolute atomic E-state index is 4.68. The van der Waals surface area contributed by atoms with Crippen LogP contribution in [0.3, 0.4) is 0 Å². The van der Waals surface area contributed by atoms with Crippen LogP contribution in [-0.2, 0) is 12.8 Å². The number of H-pyrrole nitrogens is 1. The summed E-state index contributed by atoms with van der Waals surface area (Å²) in [7, 11) is 0. The molecule has 0 saturated heterocycles. The summed E-state index contributed by atoms with van der Waals surface area (Å²) >= 11 is 0. The molecule has 0 fully saturated rings. The van der Waals surface area contributed by atoms with E-state index in [1.165, 1.54) is 42.5 Å². The topological polar surface area (TPSA) is 28.1 Å². The van der Waals surface area contributed by atoms with Gasteiger partial charge in [-0.05, 0) is 54.9 Å². The molecule has 2 aromatic rings. The fraction of sp³-hybridized carbons (Fsp3) is 0.389. The van der Waals surface area contributed by atoms with Crippen molar-refractivity contribution < 1.29 is 0 Å². The quantitative estimate of drug-likeness (QED) is 0.775. The molecule has 0 saturated carbocycles. The van der Waals surface area contributed by atoms with Gasteiger partial charge >= 0.3 is 0 Å². The van der Waals surface area contributed by atoms with Crippen LogP contribution in [0.5, 0.6) is 0 Å². The van der Waals surface area contributed by atoms with Crippen LogP contribution in [-0.4, -0.2) is 11.2 Å². The molecule has 0 bridgehead atoms. The van der Waals surface area contributed by atoms with Gasteiger partial charge in [0.2, 0.25) is 0 Å². The summed E-state index contributed by atoms with van der Waals surface area (Å²) in [6.07, 6.45) is 6.99. The summed E-state index contributed by atoms with van der Waals surface area (Å²) in [5.74, 6) is 0.500. The van der Waals surface area contributed by atoms with Gasteiger partial charge in [0.25, 0.3) is 0 Å². The van der Waals surface area contributed by atoms with Gasteiger partial charge in [0.1, 0.15) is 0 Å². The highest BCUT2D eigenvalue weighted by molar-refractivity contribution is 5.81. The molecule has 0 spiro atoms. The predicted molar refractivity (Wildman–Crippen MR) is 85.2 cm³/mol. The number of hydrogen-bond donors (Lipinski definition) is 1. The third kappa shape index (κ3) is 2.69. The van der Waals surface area contributed by atoms with E-state index in [2.05, 4.69) is 54.2 Å². The smallest absolute Gasteiger partial charge is 0.0665 e. The number of hydrogen-bond acceptors (Lipinski definition) is 1. The number of nitrogens with one attached hydrogen (secondary N) is 1. The highest BCUT2D eigenvalue weighted by atomic mass is 14.8. The molecule has 1 N–H and O–H groups in total. The molecule has 104 valence electrons. The van der Waals surface area contributed by atoms with E-state index < -0.39 is 0 Å². The molecule has 2 heteroatoms. The fourth-order valence-corrected chi connectivity index (χ4v) is 2.93. The number of rotatable bonds is 3. The average Bonchev–Trinajstić information content (AvgIpc) is 2.88. The Kier molecular flexibility index (Phi) is 3.72. The first-order chi connectivity index (χ1) is 9.74. The summed E-state index contributed by atoms with van der Waals surface area (Å²) in [4.78, 5) is 8.19. The predicted octanol–water partition coefficient (Wildman–Crippen LogP) is 4.77. The molecular weight excluding hydrogens is 244 g/mol. The standard InChI is InChI=1S/C18H22N2/c1-13(2)16-8-4-6-10-18(16)19-12-15-11-14-7-3-5-9-17(14)20-15/h4,6,8,10-13,20H,3,5,7,9H2,1-2H3. The second kappa shape index (κ2) is 5.66. The number of para-hydroxylation sites is 1. The van der Waals surface area contributed by atoms with Crippen molar-refractivity contribution in [3.8, 4) is 0 Å². The van der Waals surface area contributed by atoms with Crippen LogP contribution in [0.2, 0.25) is 0 Å². The second-order valence-electron chi connectivity index (χ2n) is 5.91. The van der Waals surface area contributed by atoms with E-state index in [9.17, 15) is 0 Å². The lowest BCUT2D eigenvalue weighted by molar-refractivity contribution is 0.677. The zero-order valence-corrected chi connectivity index (χ0v) is 12.3. The number of benzene rings is 1. The van der Waals surface area contributed by atoms with Crippen molar-refractivity contribution in [2.75, 3.05) is 0 Å². The summed E-state index contributed by atoms with van der Waals surface area (Å²) < 4.78 is 0. The van der Waals surface area contributed by atoms with Crippen LogP contribution in [0.25, 0.3) is 0 Å². The molecule has 1 heterocycles. The Morgan fingerprint density at radius 3 is 2.75 bits per heavy atom. The lowest BCUT2D eigenvalue weighted by Gasteiger charge is -2.09. The molecule has 2 nitrogen and oxygen atoms in total.